The summed E-state index contributed by atoms with van der Waals surface area (Å²) < 4.78 is 10.7. The molecular weight excluding hydrogens is 226 g/mol. The van der Waals surface area contributed by atoms with Crippen molar-refractivity contribution < 1.29 is 9.47 Å². The lowest BCUT2D eigenvalue weighted by Gasteiger charge is -2.43. The molecule has 96 valence electrons. The van der Waals surface area contributed by atoms with Crippen molar-refractivity contribution in [3.63, 3.8) is 0 Å². The molecule has 0 atom stereocenters. The molecule has 3 heteroatoms. The Morgan fingerprint density at radius 1 is 1.33 bits per heavy atom. The molecule has 1 fully saturated rings. The Hall–Kier alpha value is -1.53. The molecule has 1 saturated heterocycles. The Bertz CT molecular complexity index is 484. The van der Waals surface area contributed by atoms with Gasteiger partial charge in [0.2, 0.25) is 0 Å². The van der Waals surface area contributed by atoms with E-state index < -0.39 is 0 Å². The van der Waals surface area contributed by atoms with Crippen LogP contribution in [0.3, 0.4) is 0 Å². The number of nitriles is 1. The molecule has 1 aromatic rings. The van der Waals surface area contributed by atoms with Gasteiger partial charge in [-0.3, -0.25) is 0 Å². The molecule has 0 aromatic heterocycles. The van der Waals surface area contributed by atoms with Crippen molar-refractivity contribution in [2.75, 3.05) is 20.3 Å². The van der Waals surface area contributed by atoms with Gasteiger partial charge in [0, 0.05) is 11.8 Å². The number of benzene rings is 1. The zero-order valence-corrected chi connectivity index (χ0v) is 11.2. The van der Waals surface area contributed by atoms with Gasteiger partial charge in [0.25, 0.3) is 0 Å². The zero-order chi connectivity index (χ0) is 13.2. The van der Waals surface area contributed by atoms with Gasteiger partial charge in [-0.25, -0.2) is 0 Å². The minimum atomic E-state index is 0.0385. The van der Waals surface area contributed by atoms with Gasteiger partial charge in [0.15, 0.2) is 0 Å². The fourth-order valence-electron chi connectivity index (χ4n) is 2.67. The molecule has 2 rings (SSSR count). The predicted molar refractivity (Wildman–Crippen MR) is 69.8 cm³/mol. The third-order valence-electron chi connectivity index (χ3n) is 4.00. The van der Waals surface area contributed by atoms with Crippen molar-refractivity contribution in [3.05, 3.63) is 28.8 Å². The first-order valence-electron chi connectivity index (χ1n) is 6.24. The predicted octanol–water partition coefficient (Wildman–Crippen LogP) is 2.88. The van der Waals surface area contributed by atoms with Crippen molar-refractivity contribution >= 4 is 0 Å². The highest BCUT2D eigenvalue weighted by Crippen LogP contribution is 2.40. The molecule has 0 radical (unpaired) electrons. The second-order valence-electron chi connectivity index (χ2n) is 5.00. The summed E-state index contributed by atoms with van der Waals surface area (Å²) in [5.74, 6) is 0.923. The van der Waals surface area contributed by atoms with E-state index in [9.17, 15) is 0 Å². The van der Waals surface area contributed by atoms with Crippen LogP contribution in [0.15, 0.2) is 12.1 Å². The fourth-order valence-corrected chi connectivity index (χ4v) is 2.67. The molecule has 1 aromatic carbocycles. The van der Waals surface area contributed by atoms with Crippen LogP contribution in [0.4, 0.5) is 0 Å². The van der Waals surface area contributed by atoms with E-state index in [2.05, 4.69) is 26.0 Å². The van der Waals surface area contributed by atoms with Crippen molar-refractivity contribution in [2.45, 2.75) is 32.1 Å². The van der Waals surface area contributed by atoms with Gasteiger partial charge in [-0.2, -0.15) is 5.26 Å². The maximum Gasteiger partial charge on any atom is 0.122 e. The van der Waals surface area contributed by atoms with Crippen LogP contribution in [0, 0.1) is 25.2 Å². The van der Waals surface area contributed by atoms with Gasteiger partial charge >= 0.3 is 0 Å². The summed E-state index contributed by atoms with van der Waals surface area (Å²) in [4.78, 5) is 0. The van der Waals surface area contributed by atoms with Crippen LogP contribution in [-0.2, 0) is 10.2 Å². The first-order chi connectivity index (χ1) is 8.64. The van der Waals surface area contributed by atoms with Crippen LogP contribution >= 0.6 is 0 Å². The van der Waals surface area contributed by atoms with E-state index in [-0.39, 0.29) is 5.41 Å². The smallest absolute Gasteiger partial charge is 0.122 e. The highest BCUT2D eigenvalue weighted by atomic mass is 16.5. The highest BCUT2D eigenvalue weighted by Gasteiger charge is 2.41. The van der Waals surface area contributed by atoms with Gasteiger partial charge in [-0.05, 0) is 43.0 Å². The van der Waals surface area contributed by atoms with E-state index in [1.807, 2.05) is 6.07 Å². The molecule has 3 nitrogen and oxygen atoms in total. The normalized spacial score (nSPS) is 16.8. The number of hydrogen-bond donors (Lipinski definition) is 0. The molecule has 0 N–H and O–H groups in total. The van der Waals surface area contributed by atoms with Crippen molar-refractivity contribution in [2.24, 2.45) is 0 Å². The summed E-state index contributed by atoms with van der Waals surface area (Å²) in [6.45, 7) is 5.65. The Kier molecular flexibility index (Phi) is 3.58. The maximum atomic E-state index is 8.79. The van der Waals surface area contributed by atoms with E-state index in [4.69, 9.17) is 14.7 Å². The van der Waals surface area contributed by atoms with E-state index in [1.54, 1.807) is 7.11 Å². The summed E-state index contributed by atoms with van der Waals surface area (Å²) in [6, 6.07) is 6.38. The van der Waals surface area contributed by atoms with Crippen molar-refractivity contribution in [3.8, 4) is 11.8 Å². The second kappa shape index (κ2) is 4.99. The molecule has 0 saturated carbocycles. The van der Waals surface area contributed by atoms with Crippen molar-refractivity contribution in [1.29, 1.82) is 5.26 Å². The molecule has 18 heavy (non-hydrogen) atoms. The summed E-state index contributed by atoms with van der Waals surface area (Å²) in [7, 11) is 1.69. The Labute approximate surface area is 108 Å². The number of methoxy groups -OCH3 is 1. The van der Waals surface area contributed by atoms with Crippen LogP contribution in [0.2, 0.25) is 0 Å². The lowest BCUT2D eigenvalue weighted by Crippen LogP contribution is -2.47. The molecular formula is C15H19NO2. The lowest BCUT2D eigenvalue weighted by molar-refractivity contribution is -0.0640. The SMILES string of the molecule is COc1ccc(C2(CCC#N)COC2)c(C)c1C. The number of nitrogens with zero attached hydrogens (tertiary/aromatic N) is 1. The molecule has 0 bridgehead atoms. The summed E-state index contributed by atoms with van der Waals surface area (Å²) in [5, 5.41) is 8.79. The number of ether oxygens (including phenoxy) is 2. The lowest BCUT2D eigenvalue weighted by atomic mass is 9.72. The van der Waals surface area contributed by atoms with Crippen LogP contribution in [-0.4, -0.2) is 20.3 Å². The number of rotatable bonds is 4. The molecule has 1 aliphatic heterocycles. The average Bonchev–Trinajstić information content (AvgIpc) is 2.33. The third kappa shape index (κ3) is 1.97. The average molecular weight is 245 g/mol. The topological polar surface area (TPSA) is 42.2 Å². The fraction of sp³-hybridized carbons (Fsp3) is 0.533. The Morgan fingerprint density at radius 2 is 2.06 bits per heavy atom. The molecule has 0 amide bonds. The van der Waals surface area contributed by atoms with Gasteiger partial charge in [0.1, 0.15) is 5.75 Å². The van der Waals surface area contributed by atoms with E-state index in [0.717, 1.165) is 25.4 Å². The minimum absolute atomic E-state index is 0.0385. The van der Waals surface area contributed by atoms with Gasteiger partial charge in [0.05, 0.1) is 26.4 Å². The standard InChI is InChI=1S/C15H19NO2/c1-11-12(2)14(17-3)6-5-13(11)15(7-4-8-16)9-18-10-15/h5-6H,4,7,9-10H2,1-3H3. The first kappa shape index (κ1) is 12.9. The molecule has 1 heterocycles. The largest absolute Gasteiger partial charge is 0.496 e. The van der Waals surface area contributed by atoms with E-state index in [0.29, 0.717) is 6.42 Å². The highest BCUT2D eigenvalue weighted by molar-refractivity contribution is 5.47. The summed E-state index contributed by atoms with van der Waals surface area (Å²) in [6.07, 6.45) is 1.45. The molecule has 0 unspecified atom stereocenters. The van der Waals surface area contributed by atoms with Crippen LogP contribution < -0.4 is 4.74 Å². The van der Waals surface area contributed by atoms with Crippen LogP contribution in [0.1, 0.15) is 29.5 Å². The second-order valence-corrected chi connectivity index (χ2v) is 5.00. The van der Waals surface area contributed by atoms with Crippen LogP contribution in [0.5, 0.6) is 5.75 Å². The molecule has 1 aliphatic rings. The summed E-state index contributed by atoms with van der Waals surface area (Å²) >= 11 is 0. The minimum Gasteiger partial charge on any atom is -0.496 e. The Morgan fingerprint density at radius 3 is 2.56 bits per heavy atom. The van der Waals surface area contributed by atoms with Gasteiger partial charge in [-0.15, -0.1) is 0 Å². The zero-order valence-electron chi connectivity index (χ0n) is 11.2. The first-order valence-corrected chi connectivity index (χ1v) is 6.24. The quantitative estimate of drug-likeness (QED) is 0.819. The molecule has 0 spiro atoms. The van der Waals surface area contributed by atoms with Crippen LogP contribution in [0.25, 0.3) is 0 Å². The summed E-state index contributed by atoms with van der Waals surface area (Å²) in [5.41, 5.74) is 3.78. The third-order valence-corrected chi connectivity index (χ3v) is 4.00. The maximum absolute atomic E-state index is 8.79. The van der Waals surface area contributed by atoms with Crippen molar-refractivity contribution in [1.82, 2.24) is 0 Å². The van der Waals surface area contributed by atoms with Gasteiger partial charge < -0.3 is 9.47 Å². The monoisotopic (exact) mass is 245 g/mol. The van der Waals surface area contributed by atoms with E-state index in [1.165, 1.54) is 16.7 Å². The Balaban J connectivity index is 2.38. The van der Waals surface area contributed by atoms with E-state index >= 15 is 0 Å². The number of hydrogen-bond acceptors (Lipinski definition) is 3. The molecule has 0 aliphatic carbocycles. The van der Waals surface area contributed by atoms with Gasteiger partial charge in [-0.1, -0.05) is 6.07 Å².